The van der Waals surface area contributed by atoms with Gasteiger partial charge in [-0.25, -0.2) is 4.98 Å². The van der Waals surface area contributed by atoms with Crippen LogP contribution < -0.4 is 5.32 Å². The second kappa shape index (κ2) is 8.52. The molecular formula is C19H25N5OS2. The number of thiazole rings is 1. The number of aryl methyl sites for hydroxylation is 2. The molecule has 1 N–H and O–H groups in total. The average Bonchev–Trinajstić information content (AvgIpc) is 3.39. The summed E-state index contributed by atoms with van der Waals surface area (Å²) < 4.78 is 7.44. The van der Waals surface area contributed by atoms with Gasteiger partial charge in [0.15, 0.2) is 5.13 Å². The molecule has 3 aromatic heterocycles. The zero-order valence-corrected chi connectivity index (χ0v) is 17.4. The number of hydrogen-bond acceptors (Lipinski definition) is 7. The zero-order chi connectivity index (χ0) is 18.6. The normalized spacial score (nSPS) is 15.3. The molecule has 0 saturated carbocycles. The third-order valence-corrected chi connectivity index (χ3v) is 6.77. The summed E-state index contributed by atoms with van der Waals surface area (Å²) in [5.41, 5.74) is 2.04. The van der Waals surface area contributed by atoms with E-state index in [2.05, 4.69) is 53.4 Å². The van der Waals surface area contributed by atoms with Crippen molar-refractivity contribution >= 4 is 27.8 Å². The van der Waals surface area contributed by atoms with Gasteiger partial charge in [-0.2, -0.15) is 5.10 Å². The summed E-state index contributed by atoms with van der Waals surface area (Å²) in [4.78, 5) is 10.9. The first-order valence-corrected chi connectivity index (χ1v) is 10.9. The molecule has 1 aliphatic rings. The highest BCUT2D eigenvalue weighted by Crippen LogP contribution is 2.32. The molecule has 0 spiro atoms. The smallest absolute Gasteiger partial charge is 0.183 e. The minimum absolute atomic E-state index is 0.818. The Labute approximate surface area is 167 Å². The van der Waals surface area contributed by atoms with Crippen LogP contribution in [-0.4, -0.2) is 52.5 Å². The lowest BCUT2D eigenvalue weighted by Gasteiger charge is -2.26. The first kappa shape index (κ1) is 18.6. The van der Waals surface area contributed by atoms with Crippen molar-refractivity contribution in [3.05, 3.63) is 39.8 Å². The highest BCUT2D eigenvalue weighted by molar-refractivity contribution is 7.19. The Morgan fingerprint density at radius 3 is 2.74 bits per heavy atom. The van der Waals surface area contributed by atoms with E-state index in [0.717, 1.165) is 67.3 Å². The molecule has 0 radical (unpaired) electrons. The molecular weight excluding hydrogens is 378 g/mol. The molecule has 3 aromatic rings. The number of thiophene rings is 1. The van der Waals surface area contributed by atoms with E-state index in [-0.39, 0.29) is 0 Å². The molecule has 0 aromatic carbocycles. The summed E-state index contributed by atoms with van der Waals surface area (Å²) in [5, 5.41) is 9.16. The van der Waals surface area contributed by atoms with Crippen molar-refractivity contribution in [2.75, 3.05) is 38.2 Å². The van der Waals surface area contributed by atoms with E-state index in [4.69, 9.17) is 9.84 Å². The minimum Gasteiger partial charge on any atom is -0.379 e. The van der Waals surface area contributed by atoms with Crippen LogP contribution >= 0.6 is 22.7 Å². The number of hydrogen-bond donors (Lipinski definition) is 1. The molecule has 4 rings (SSSR count). The number of nitrogens with one attached hydrogen (secondary N) is 1. The number of aromatic nitrogens is 3. The summed E-state index contributed by atoms with van der Waals surface area (Å²) in [7, 11) is 0. The Bertz CT molecular complexity index is 878. The fourth-order valence-corrected chi connectivity index (χ4v) is 4.89. The maximum Gasteiger partial charge on any atom is 0.183 e. The van der Waals surface area contributed by atoms with Crippen molar-refractivity contribution in [2.24, 2.45) is 0 Å². The lowest BCUT2D eigenvalue weighted by Crippen LogP contribution is -2.38. The molecule has 0 aliphatic carbocycles. The van der Waals surface area contributed by atoms with E-state index in [9.17, 15) is 0 Å². The van der Waals surface area contributed by atoms with Crippen LogP contribution in [0.15, 0.2) is 24.4 Å². The van der Waals surface area contributed by atoms with Crippen molar-refractivity contribution in [1.82, 2.24) is 19.7 Å². The molecule has 4 heterocycles. The van der Waals surface area contributed by atoms with Gasteiger partial charge in [0.2, 0.25) is 0 Å². The van der Waals surface area contributed by atoms with Crippen LogP contribution in [0, 0.1) is 13.8 Å². The largest absolute Gasteiger partial charge is 0.379 e. The van der Waals surface area contributed by atoms with Gasteiger partial charge in [0.1, 0.15) is 5.69 Å². The van der Waals surface area contributed by atoms with E-state index < -0.39 is 0 Å². The third kappa shape index (κ3) is 4.76. The second-order valence-electron chi connectivity index (χ2n) is 6.72. The standard InChI is InChI=1S/C19H25N5OS2/c1-14-3-4-16(26-14)13-20-19-21-15(2)18(27-19)17-5-6-24(22-17)8-7-23-9-11-25-12-10-23/h3-6H,7-13H2,1-2H3,(H,20,21). The van der Waals surface area contributed by atoms with Gasteiger partial charge in [-0.1, -0.05) is 11.3 Å². The van der Waals surface area contributed by atoms with Crippen molar-refractivity contribution in [2.45, 2.75) is 26.9 Å². The quantitative estimate of drug-likeness (QED) is 0.653. The Hall–Kier alpha value is -1.74. The van der Waals surface area contributed by atoms with E-state index in [1.807, 2.05) is 16.0 Å². The van der Waals surface area contributed by atoms with Crippen LogP contribution in [0.3, 0.4) is 0 Å². The first-order valence-electron chi connectivity index (χ1n) is 9.28. The first-order chi connectivity index (χ1) is 13.2. The van der Waals surface area contributed by atoms with E-state index in [1.165, 1.54) is 9.75 Å². The van der Waals surface area contributed by atoms with Crippen molar-refractivity contribution < 1.29 is 4.74 Å². The van der Waals surface area contributed by atoms with Crippen molar-refractivity contribution in [3.8, 4) is 10.6 Å². The van der Waals surface area contributed by atoms with Crippen LogP contribution in [0.2, 0.25) is 0 Å². The maximum atomic E-state index is 5.40. The van der Waals surface area contributed by atoms with Crippen LogP contribution in [0.1, 0.15) is 15.4 Å². The van der Waals surface area contributed by atoms with E-state index in [0.29, 0.717) is 0 Å². The maximum absolute atomic E-state index is 5.40. The summed E-state index contributed by atoms with van der Waals surface area (Å²) in [6.45, 7) is 10.6. The predicted octanol–water partition coefficient (Wildman–Crippen LogP) is 3.63. The van der Waals surface area contributed by atoms with Crippen molar-refractivity contribution in [3.63, 3.8) is 0 Å². The highest BCUT2D eigenvalue weighted by atomic mass is 32.1. The van der Waals surface area contributed by atoms with Gasteiger partial charge in [0.25, 0.3) is 0 Å². The number of nitrogens with zero attached hydrogens (tertiary/aromatic N) is 4. The molecule has 144 valence electrons. The number of morpholine rings is 1. The third-order valence-electron chi connectivity index (χ3n) is 4.63. The fourth-order valence-electron chi connectivity index (χ4n) is 3.13. The van der Waals surface area contributed by atoms with Gasteiger partial charge in [-0.3, -0.25) is 9.58 Å². The van der Waals surface area contributed by atoms with Crippen LogP contribution in [0.5, 0.6) is 0 Å². The zero-order valence-electron chi connectivity index (χ0n) is 15.8. The Kier molecular flexibility index (Phi) is 5.87. The molecule has 0 bridgehead atoms. The SMILES string of the molecule is Cc1ccc(CNc2nc(C)c(-c3ccn(CCN4CCOCC4)n3)s2)s1. The van der Waals surface area contributed by atoms with Crippen LogP contribution in [0.4, 0.5) is 5.13 Å². The molecule has 6 nitrogen and oxygen atoms in total. The van der Waals surface area contributed by atoms with E-state index >= 15 is 0 Å². The molecule has 0 amide bonds. The Morgan fingerprint density at radius 2 is 1.96 bits per heavy atom. The Morgan fingerprint density at radius 1 is 1.11 bits per heavy atom. The lowest BCUT2D eigenvalue weighted by atomic mass is 10.3. The van der Waals surface area contributed by atoms with Gasteiger partial charge in [0.05, 0.1) is 36.9 Å². The van der Waals surface area contributed by atoms with Gasteiger partial charge in [-0.05, 0) is 32.0 Å². The summed E-state index contributed by atoms with van der Waals surface area (Å²) in [6, 6.07) is 6.42. The topological polar surface area (TPSA) is 55.2 Å². The summed E-state index contributed by atoms with van der Waals surface area (Å²) >= 11 is 3.50. The number of rotatable bonds is 7. The lowest BCUT2D eigenvalue weighted by molar-refractivity contribution is 0.0360. The highest BCUT2D eigenvalue weighted by Gasteiger charge is 2.14. The number of ether oxygens (including phenoxy) is 1. The second-order valence-corrected chi connectivity index (χ2v) is 9.09. The van der Waals surface area contributed by atoms with Gasteiger partial charge >= 0.3 is 0 Å². The average molecular weight is 404 g/mol. The van der Waals surface area contributed by atoms with Crippen molar-refractivity contribution in [1.29, 1.82) is 0 Å². The summed E-state index contributed by atoms with van der Waals surface area (Å²) in [6.07, 6.45) is 2.07. The molecule has 0 atom stereocenters. The monoisotopic (exact) mass is 403 g/mol. The molecule has 8 heteroatoms. The molecule has 0 unspecified atom stereocenters. The Balaban J connectivity index is 1.36. The van der Waals surface area contributed by atoms with Gasteiger partial charge in [0, 0.05) is 35.6 Å². The van der Waals surface area contributed by atoms with Crippen LogP contribution in [-0.2, 0) is 17.8 Å². The minimum atomic E-state index is 0.818. The molecule has 27 heavy (non-hydrogen) atoms. The predicted molar refractivity (Wildman–Crippen MR) is 112 cm³/mol. The van der Waals surface area contributed by atoms with Gasteiger partial charge in [-0.15, -0.1) is 11.3 Å². The van der Waals surface area contributed by atoms with Crippen LogP contribution in [0.25, 0.3) is 10.6 Å². The fraction of sp³-hybridized carbons (Fsp3) is 0.474. The molecule has 1 aliphatic heterocycles. The van der Waals surface area contributed by atoms with Gasteiger partial charge < -0.3 is 10.1 Å². The molecule has 1 fully saturated rings. The summed E-state index contributed by atoms with van der Waals surface area (Å²) in [5.74, 6) is 0. The number of anilines is 1. The van der Waals surface area contributed by atoms with E-state index in [1.54, 1.807) is 11.3 Å². The molecule has 1 saturated heterocycles.